The first-order chi connectivity index (χ1) is 13.9. The number of aryl methyl sites for hydroxylation is 3. The molecule has 1 saturated heterocycles. The fraction of sp³-hybridized carbons (Fsp3) is 0.261. The molecule has 1 atom stereocenters. The molecule has 0 spiro atoms. The van der Waals surface area contributed by atoms with Crippen molar-refractivity contribution in [3.8, 4) is 11.5 Å². The summed E-state index contributed by atoms with van der Waals surface area (Å²) in [5.41, 5.74) is 5.40. The second kappa shape index (κ2) is 7.87. The number of imide groups is 1. The SMILES string of the molecule is CCc1cc(Oc2ccnc3c(C)cc(C)cc23)ccc1CC1SC(=O)NC1=O. The van der Waals surface area contributed by atoms with E-state index in [0.717, 1.165) is 57.3 Å². The van der Waals surface area contributed by atoms with Gasteiger partial charge in [-0.15, -0.1) is 0 Å². The molecule has 148 valence electrons. The van der Waals surface area contributed by atoms with Crippen LogP contribution in [0.15, 0.2) is 42.6 Å². The Labute approximate surface area is 173 Å². The van der Waals surface area contributed by atoms with Crippen LogP contribution < -0.4 is 10.1 Å². The summed E-state index contributed by atoms with van der Waals surface area (Å²) in [7, 11) is 0. The van der Waals surface area contributed by atoms with Gasteiger partial charge in [-0.2, -0.15) is 0 Å². The summed E-state index contributed by atoms with van der Waals surface area (Å²) in [5.74, 6) is 1.31. The smallest absolute Gasteiger partial charge is 0.286 e. The number of fused-ring (bicyclic) bond motifs is 1. The summed E-state index contributed by atoms with van der Waals surface area (Å²) in [5, 5.41) is 2.70. The molecule has 2 aromatic carbocycles. The van der Waals surface area contributed by atoms with Crippen LogP contribution in [0.3, 0.4) is 0 Å². The Bertz CT molecular complexity index is 1130. The van der Waals surface area contributed by atoms with Crippen molar-refractivity contribution >= 4 is 33.8 Å². The summed E-state index contributed by atoms with van der Waals surface area (Å²) in [6.45, 7) is 6.19. The minimum Gasteiger partial charge on any atom is -0.457 e. The number of hydrogen-bond donors (Lipinski definition) is 1. The van der Waals surface area contributed by atoms with Gasteiger partial charge in [0.15, 0.2) is 0 Å². The van der Waals surface area contributed by atoms with Gasteiger partial charge in [0, 0.05) is 11.6 Å². The van der Waals surface area contributed by atoms with E-state index >= 15 is 0 Å². The molecule has 0 radical (unpaired) electrons. The summed E-state index contributed by atoms with van der Waals surface area (Å²) < 4.78 is 6.23. The van der Waals surface area contributed by atoms with E-state index in [2.05, 4.69) is 43.2 Å². The van der Waals surface area contributed by atoms with Crippen molar-refractivity contribution in [3.63, 3.8) is 0 Å². The van der Waals surface area contributed by atoms with Crippen LogP contribution in [0.25, 0.3) is 10.9 Å². The molecule has 0 saturated carbocycles. The highest BCUT2D eigenvalue weighted by Crippen LogP contribution is 2.33. The predicted molar refractivity (Wildman–Crippen MR) is 116 cm³/mol. The number of rotatable bonds is 5. The van der Waals surface area contributed by atoms with Crippen molar-refractivity contribution in [3.05, 3.63) is 64.8 Å². The van der Waals surface area contributed by atoms with Gasteiger partial charge in [0.1, 0.15) is 11.5 Å². The average Bonchev–Trinajstić information content (AvgIpc) is 3.00. The Morgan fingerprint density at radius 2 is 1.93 bits per heavy atom. The second-order valence-corrected chi connectivity index (χ2v) is 8.44. The first-order valence-corrected chi connectivity index (χ1v) is 10.5. The Balaban J connectivity index is 1.63. The third kappa shape index (κ3) is 3.98. The lowest BCUT2D eigenvalue weighted by atomic mass is 10.00. The molecule has 1 unspecified atom stereocenters. The number of carbonyl (C=O) groups is 2. The Morgan fingerprint density at radius 1 is 1.10 bits per heavy atom. The van der Waals surface area contributed by atoms with Gasteiger partial charge >= 0.3 is 0 Å². The van der Waals surface area contributed by atoms with Crippen LogP contribution in [-0.2, 0) is 17.6 Å². The first kappa shape index (κ1) is 19.5. The van der Waals surface area contributed by atoms with Gasteiger partial charge in [-0.1, -0.05) is 30.8 Å². The van der Waals surface area contributed by atoms with Gasteiger partial charge in [-0.05, 0) is 73.2 Å². The number of aromatic nitrogens is 1. The lowest BCUT2D eigenvalue weighted by Crippen LogP contribution is -2.25. The molecule has 0 bridgehead atoms. The van der Waals surface area contributed by atoms with Crippen molar-refractivity contribution in [2.45, 2.75) is 38.9 Å². The normalized spacial score (nSPS) is 16.3. The summed E-state index contributed by atoms with van der Waals surface area (Å²) >= 11 is 1.06. The molecule has 1 fully saturated rings. The molecule has 2 heterocycles. The second-order valence-electron chi connectivity index (χ2n) is 7.26. The monoisotopic (exact) mass is 406 g/mol. The maximum absolute atomic E-state index is 11.9. The van der Waals surface area contributed by atoms with Gasteiger partial charge in [0.25, 0.3) is 5.24 Å². The van der Waals surface area contributed by atoms with E-state index in [9.17, 15) is 9.59 Å². The predicted octanol–water partition coefficient (Wildman–Crippen LogP) is 5.10. The van der Waals surface area contributed by atoms with E-state index in [0.29, 0.717) is 6.42 Å². The minimum atomic E-state index is -0.366. The number of carbonyl (C=O) groups excluding carboxylic acids is 2. The first-order valence-electron chi connectivity index (χ1n) is 9.61. The summed E-state index contributed by atoms with van der Waals surface area (Å²) in [4.78, 5) is 27.8. The van der Waals surface area contributed by atoms with Crippen LogP contribution in [0.5, 0.6) is 11.5 Å². The molecule has 6 heteroatoms. The number of amides is 2. The topological polar surface area (TPSA) is 68.3 Å². The number of nitrogens with zero attached hydrogens (tertiary/aromatic N) is 1. The highest BCUT2D eigenvalue weighted by molar-refractivity contribution is 8.15. The molecule has 0 aliphatic carbocycles. The molecule has 3 aromatic rings. The number of pyridine rings is 1. The standard InChI is InChI=1S/C23H22N2O3S/c1-4-15-11-17(6-5-16(15)12-20-22(26)25-23(27)29-20)28-19-7-8-24-21-14(3)9-13(2)10-18(19)21/h5-11,20H,4,12H2,1-3H3,(H,25,26,27). The molecule has 5 nitrogen and oxygen atoms in total. The zero-order valence-electron chi connectivity index (χ0n) is 16.6. The Morgan fingerprint density at radius 3 is 2.66 bits per heavy atom. The zero-order chi connectivity index (χ0) is 20.5. The molecule has 29 heavy (non-hydrogen) atoms. The largest absolute Gasteiger partial charge is 0.457 e. The zero-order valence-corrected chi connectivity index (χ0v) is 17.4. The molecule has 1 aliphatic heterocycles. The van der Waals surface area contributed by atoms with Gasteiger partial charge in [-0.3, -0.25) is 19.9 Å². The molecule has 1 aromatic heterocycles. The van der Waals surface area contributed by atoms with E-state index in [4.69, 9.17) is 4.74 Å². The number of hydrogen-bond acceptors (Lipinski definition) is 5. The van der Waals surface area contributed by atoms with E-state index in [1.54, 1.807) is 6.20 Å². The number of thioether (sulfide) groups is 1. The maximum Gasteiger partial charge on any atom is 0.286 e. The lowest BCUT2D eigenvalue weighted by molar-refractivity contribution is -0.118. The minimum absolute atomic E-state index is 0.212. The van der Waals surface area contributed by atoms with Gasteiger partial charge < -0.3 is 4.74 Å². The van der Waals surface area contributed by atoms with Crippen LogP contribution in [0.2, 0.25) is 0 Å². The van der Waals surface area contributed by atoms with Gasteiger partial charge in [0.2, 0.25) is 5.91 Å². The van der Waals surface area contributed by atoms with E-state index < -0.39 is 0 Å². The van der Waals surface area contributed by atoms with E-state index in [1.807, 2.05) is 24.3 Å². The fourth-order valence-corrected chi connectivity index (χ4v) is 4.57. The highest BCUT2D eigenvalue weighted by Gasteiger charge is 2.31. The molecule has 1 N–H and O–H groups in total. The molecular weight excluding hydrogens is 384 g/mol. The van der Waals surface area contributed by atoms with E-state index in [-0.39, 0.29) is 16.4 Å². The maximum atomic E-state index is 11.9. The number of benzene rings is 2. The van der Waals surface area contributed by atoms with Crippen LogP contribution >= 0.6 is 11.8 Å². The molecule has 1 aliphatic rings. The number of nitrogens with one attached hydrogen (secondary N) is 1. The van der Waals surface area contributed by atoms with Gasteiger partial charge in [0.05, 0.1) is 10.8 Å². The summed E-state index contributed by atoms with van der Waals surface area (Å²) in [6.07, 6.45) is 3.11. The van der Waals surface area contributed by atoms with Crippen molar-refractivity contribution in [1.29, 1.82) is 0 Å². The number of ether oxygens (including phenoxy) is 1. The molecule has 2 amide bonds. The van der Waals surface area contributed by atoms with Crippen molar-refractivity contribution in [2.24, 2.45) is 0 Å². The van der Waals surface area contributed by atoms with Crippen LogP contribution in [0.1, 0.15) is 29.2 Å². The van der Waals surface area contributed by atoms with Crippen LogP contribution in [0, 0.1) is 13.8 Å². The third-order valence-corrected chi connectivity index (χ3v) is 6.08. The van der Waals surface area contributed by atoms with E-state index in [1.165, 1.54) is 5.56 Å². The fourth-order valence-electron chi connectivity index (χ4n) is 3.73. The molecule has 4 rings (SSSR count). The van der Waals surface area contributed by atoms with Crippen LogP contribution in [-0.4, -0.2) is 21.4 Å². The summed E-state index contributed by atoms with van der Waals surface area (Å²) in [6, 6.07) is 12.0. The van der Waals surface area contributed by atoms with Crippen molar-refractivity contribution in [2.75, 3.05) is 0 Å². The van der Waals surface area contributed by atoms with Crippen LogP contribution in [0.4, 0.5) is 4.79 Å². The highest BCUT2D eigenvalue weighted by atomic mass is 32.2. The quantitative estimate of drug-likeness (QED) is 0.638. The van der Waals surface area contributed by atoms with Crippen molar-refractivity contribution < 1.29 is 14.3 Å². The lowest BCUT2D eigenvalue weighted by Gasteiger charge is -2.14. The van der Waals surface area contributed by atoms with Gasteiger partial charge in [-0.25, -0.2) is 0 Å². The third-order valence-electron chi connectivity index (χ3n) is 5.10. The van der Waals surface area contributed by atoms with Crippen molar-refractivity contribution in [1.82, 2.24) is 10.3 Å². The Kier molecular flexibility index (Phi) is 5.28. The Hall–Kier alpha value is -2.86. The average molecular weight is 407 g/mol. The molecular formula is C23H22N2O3S.